The van der Waals surface area contributed by atoms with Gasteiger partial charge in [-0.05, 0) is 25.7 Å². The highest BCUT2D eigenvalue weighted by atomic mass is 32.2. The third-order valence-electron chi connectivity index (χ3n) is 4.12. The molecule has 2 saturated heterocycles. The number of sulfone groups is 1. The summed E-state index contributed by atoms with van der Waals surface area (Å²) in [5.74, 6) is -0.895. The summed E-state index contributed by atoms with van der Waals surface area (Å²) in [5.41, 5.74) is 0. The van der Waals surface area contributed by atoms with Crippen LogP contribution in [0.1, 0.15) is 32.1 Å². The van der Waals surface area contributed by atoms with Gasteiger partial charge in [-0.15, -0.1) is 0 Å². The topological polar surface area (TPSA) is 80.8 Å². The van der Waals surface area contributed by atoms with Gasteiger partial charge in [0.2, 0.25) is 5.91 Å². The van der Waals surface area contributed by atoms with Crippen LogP contribution in [0.15, 0.2) is 0 Å². The average molecular weight is 303 g/mol. The number of amides is 1. The van der Waals surface area contributed by atoms with Gasteiger partial charge in [-0.25, -0.2) is 8.42 Å². The number of piperidine rings is 1. The second-order valence-corrected chi connectivity index (χ2v) is 7.80. The van der Waals surface area contributed by atoms with Gasteiger partial charge in [0.25, 0.3) is 0 Å². The molecule has 2 aliphatic rings. The minimum Gasteiger partial charge on any atom is -0.469 e. The molecule has 0 saturated carbocycles. The maximum Gasteiger partial charge on any atom is 0.310 e. The van der Waals surface area contributed by atoms with E-state index in [-0.39, 0.29) is 30.1 Å². The summed E-state index contributed by atoms with van der Waals surface area (Å²) >= 11 is 0. The number of esters is 1. The molecule has 2 heterocycles. The second-order valence-electron chi connectivity index (χ2n) is 5.50. The van der Waals surface area contributed by atoms with E-state index in [0.29, 0.717) is 32.2 Å². The van der Waals surface area contributed by atoms with Crippen molar-refractivity contribution in [3.63, 3.8) is 0 Å². The molecule has 6 nitrogen and oxygen atoms in total. The van der Waals surface area contributed by atoms with E-state index in [1.165, 1.54) is 12.0 Å². The van der Waals surface area contributed by atoms with Crippen LogP contribution in [-0.2, 0) is 24.2 Å². The van der Waals surface area contributed by atoms with E-state index >= 15 is 0 Å². The van der Waals surface area contributed by atoms with E-state index in [1.54, 1.807) is 0 Å². The van der Waals surface area contributed by atoms with E-state index in [0.717, 1.165) is 6.42 Å². The molecule has 0 spiro atoms. The summed E-state index contributed by atoms with van der Waals surface area (Å²) in [5, 5.41) is -0.910. The number of hydrogen-bond donors (Lipinski definition) is 0. The lowest BCUT2D eigenvalue weighted by molar-refractivity contribution is -0.148. The quantitative estimate of drug-likeness (QED) is 0.688. The van der Waals surface area contributed by atoms with Crippen molar-refractivity contribution >= 4 is 21.7 Å². The maximum atomic E-state index is 12.4. The van der Waals surface area contributed by atoms with Gasteiger partial charge in [0.15, 0.2) is 9.84 Å². The van der Waals surface area contributed by atoms with Gasteiger partial charge in [0, 0.05) is 13.1 Å². The number of likely N-dealkylation sites (tertiary alicyclic amines) is 1. The first-order chi connectivity index (χ1) is 9.45. The molecule has 2 fully saturated rings. The molecular weight excluding hydrogens is 282 g/mol. The Labute approximate surface area is 119 Å². The van der Waals surface area contributed by atoms with Crippen LogP contribution in [0.4, 0.5) is 0 Å². The molecule has 0 bridgehead atoms. The minimum atomic E-state index is -3.32. The van der Waals surface area contributed by atoms with E-state index < -0.39 is 15.1 Å². The van der Waals surface area contributed by atoms with Crippen molar-refractivity contribution in [1.29, 1.82) is 0 Å². The Bertz CT molecular complexity index is 487. The number of hydrogen-bond acceptors (Lipinski definition) is 5. The van der Waals surface area contributed by atoms with Crippen molar-refractivity contribution in [1.82, 2.24) is 4.90 Å². The molecule has 0 aliphatic carbocycles. The molecule has 0 N–H and O–H groups in total. The Kier molecular flexibility index (Phi) is 4.67. The van der Waals surface area contributed by atoms with Gasteiger partial charge >= 0.3 is 5.97 Å². The SMILES string of the molecule is COC(=O)C1CCCN(C(=O)C2CCCCS2(=O)=O)C1. The summed E-state index contributed by atoms with van der Waals surface area (Å²) in [4.78, 5) is 25.5. The number of rotatable bonds is 2. The fourth-order valence-electron chi connectivity index (χ4n) is 2.97. The highest BCUT2D eigenvalue weighted by Crippen LogP contribution is 2.24. The maximum absolute atomic E-state index is 12.4. The van der Waals surface area contributed by atoms with Crippen LogP contribution in [0.2, 0.25) is 0 Å². The van der Waals surface area contributed by atoms with Gasteiger partial charge < -0.3 is 9.64 Å². The summed E-state index contributed by atoms with van der Waals surface area (Å²) < 4.78 is 28.7. The molecule has 20 heavy (non-hydrogen) atoms. The lowest BCUT2D eigenvalue weighted by Gasteiger charge is -2.34. The van der Waals surface area contributed by atoms with E-state index in [1.807, 2.05) is 0 Å². The van der Waals surface area contributed by atoms with Crippen molar-refractivity contribution in [2.45, 2.75) is 37.4 Å². The molecule has 2 rings (SSSR count). The number of carbonyl (C=O) groups excluding carboxylic acids is 2. The predicted octanol–water partition coefficient (Wildman–Crippen LogP) is 0.365. The Morgan fingerprint density at radius 1 is 1.15 bits per heavy atom. The zero-order valence-electron chi connectivity index (χ0n) is 11.7. The summed E-state index contributed by atoms with van der Waals surface area (Å²) in [7, 11) is -1.99. The molecule has 0 aromatic rings. The smallest absolute Gasteiger partial charge is 0.310 e. The Balaban J connectivity index is 2.06. The Morgan fingerprint density at radius 2 is 1.90 bits per heavy atom. The fraction of sp³-hybridized carbons (Fsp3) is 0.846. The highest BCUT2D eigenvalue weighted by Gasteiger charge is 2.39. The number of methoxy groups -OCH3 is 1. The molecule has 7 heteroatoms. The first-order valence-electron chi connectivity index (χ1n) is 7.04. The van der Waals surface area contributed by atoms with Crippen LogP contribution >= 0.6 is 0 Å². The zero-order chi connectivity index (χ0) is 14.8. The van der Waals surface area contributed by atoms with Crippen molar-refractivity contribution in [2.24, 2.45) is 5.92 Å². The van der Waals surface area contributed by atoms with E-state index in [4.69, 9.17) is 4.74 Å². The van der Waals surface area contributed by atoms with Crippen LogP contribution in [0.25, 0.3) is 0 Å². The monoisotopic (exact) mass is 303 g/mol. The lowest BCUT2D eigenvalue weighted by atomic mass is 9.97. The van der Waals surface area contributed by atoms with Crippen molar-refractivity contribution in [3.05, 3.63) is 0 Å². The van der Waals surface area contributed by atoms with Crippen LogP contribution < -0.4 is 0 Å². The molecule has 1 amide bonds. The Hall–Kier alpha value is -1.11. The number of ether oxygens (including phenoxy) is 1. The van der Waals surface area contributed by atoms with Gasteiger partial charge in [-0.1, -0.05) is 6.42 Å². The number of nitrogens with zero attached hydrogens (tertiary/aromatic N) is 1. The van der Waals surface area contributed by atoms with Gasteiger partial charge in [-0.3, -0.25) is 9.59 Å². The highest BCUT2D eigenvalue weighted by molar-refractivity contribution is 7.92. The van der Waals surface area contributed by atoms with Gasteiger partial charge in [-0.2, -0.15) is 0 Å². The third-order valence-corrected chi connectivity index (χ3v) is 6.28. The first-order valence-corrected chi connectivity index (χ1v) is 8.75. The van der Waals surface area contributed by atoms with Crippen molar-refractivity contribution in [2.75, 3.05) is 26.0 Å². The van der Waals surface area contributed by atoms with Crippen LogP contribution in [0, 0.1) is 5.92 Å². The molecule has 0 radical (unpaired) electrons. The van der Waals surface area contributed by atoms with Gasteiger partial charge in [0.1, 0.15) is 5.25 Å². The summed E-state index contributed by atoms with van der Waals surface area (Å²) in [6, 6.07) is 0. The summed E-state index contributed by atoms with van der Waals surface area (Å²) in [6.45, 7) is 0.801. The Morgan fingerprint density at radius 3 is 2.55 bits per heavy atom. The van der Waals surface area contributed by atoms with Crippen molar-refractivity contribution in [3.8, 4) is 0 Å². The molecule has 2 atom stereocenters. The molecule has 2 unspecified atom stereocenters. The number of carbonyl (C=O) groups is 2. The third kappa shape index (κ3) is 3.13. The summed E-state index contributed by atoms with van der Waals surface area (Å²) in [6.07, 6.45) is 3.20. The molecule has 2 aliphatic heterocycles. The normalized spacial score (nSPS) is 29.8. The van der Waals surface area contributed by atoms with Crippen LogP contribution in [-0.4, -0.2) is 56.4 Å². The zero-order valence-corrected chi connectivity index (χ0v) is 12.5. The standard InChI is InChI=1S/C13H21NO5S/c1-19-13(16)10-5-4-7-14(9-10)12(15)11-6-2-3-8-20(11,17)18/h10-11H,2-9H2,1H3. The van der Waals surface area contributed by atoms with Crippen LogP contribution in [0.3, 0.4) is 0 Å². The first kappa shape index (κ1) is 15.3. The second kappa shape index (κ2) is 6.11. The van der Waals surface area contributed by atoms with Crippen LogP contribution in [0.5, 0.6) is 0 Å². The average Bonchev–Trinajstić information content (AvgIpc) is 2.45. The molecule has 0 aromatic heterocycles. The fourth-order valence-corrected chi connectivity index (χ4v) is 4.84. The molecule has 114 valence electrons. The molecular formula is C13H21NO5S. The minimum absolute atomic E-state index is 0.0949. The largest absolute Gasteiger partial charge is 0.469 e. The molecule has 0 aromatic carbocycles. The lowest BCUT2D eigenvalue weighted by Crippen LogP contribution is -2.50. The van der Waals surface area contributed by atoms with Gasteiger partial charge in [0.05, 0.1) is 18.8 Å². The van der Waals surface area contributed by atoms with E-state index in [2.05, 4.69) is 0 Å². The van der Waals surface area contributed by atoms with E-state index in [9.17, 15) is 18.0 Å². The van der Waals surface area contributed by atoms with Crippen molar-refractivity contribution < 1.29 is 22.7 Å². The predicted molar refractivity (Wildman–Crippen MR) is 72.7 cm³/mol.